The largest absolute Gasteiger partial charge is 0.320 e. The van der Waals surface area contributed by atoms with E-state index in [9.17, 15) is 4.79 Å². The second kappa shape index (κ2) is 4.57. The van der Waals surface area contributed by atoms with Gasteiger partial charge in [-0.2, -0.15) is 0 Å². The first-order chi connectivity index (χ1) is 8.77. The van der Waals surface area contributed by atoms with Crippen molar-refractivity contribution >= 4 is 6.03 Å². The lowest BCUT2D eigenvalue weighted by atomic mass is 10.1. The second-order valence-electron chi connectivity index (χ2n) is 4.99. The number of likely N-dealkylation sites (N-methyl/N-ethyl adjacent to an activating group) is 1. The van der Waals surface area contributed by atoms with E-state index in [-0.39, 0.29) is 12.1 Å². The van der Waals surface area contributed by atoms with Gasteiger partial charge in [0.05, 0.1) is 6.04 Å². The van der Waals surface area contributed by atoms with E-state index in [0.29, 0.717) is 6.04 Å². The van der Waals surface area contributed by atoms with Gasteiger partial charge in [0.2, 0.25) is 0 Å². The number of pyridine rings is 1. The van der Waals surface area contributed by atoms with Gasteiger partial charge in [0.15, 0.2) is 0 Å². The van der Waals surface area contributed by atoms with Crippen LogP contribution < -0.4 is 5.32 Å². The van der Waals surface area contributed by atoms with Crippen LogP contribution >= 0.6 is 0 Å². The van der Waals surface area contributed by atoms with Gasteiger partial charge in [0.25, 0.3) is 0 Å². The van der Waals surface area contributed by atoms with Crippen molar-refractivity contribution in [3.63, 3.8) is 0 Å². The Morgan fingerprint density at radius 1 is 1.39 bits per heavy atom. The molecule has 1 aromatic heterocycles. The Balaban J connectivity index is 1.80. The molecule has 96 valence electrons. The predicted octanol–water partition coefficient (Wildman–Crippen LogP) is 0.852. The van der Waals surface area contributed by atoms with E-state index in [2.05, 4.69) is 10.3 Å². The molecule has 2 fully saturated rings. The highest BCUT2D eigenvalue weighted by Crippen LogP contribution is 2.30. The van der Waals surface area contributed by atoms with Crippen LogP contribution in [-0.2, 0) is 0 Å². The quantitative estimate of drug-likeness (QED) is 0.841. The molecule has 5 heteroatoms. The molecule has 2 aliphatic rings. The van der Waals surface area contributed by atoms with Gasteiger partial charge in [-0.1, -0.05) is 0 Å². The normalized spacial score (nSPS) is 28.2. The van der Waals surface area contributed by atoms with Gasteiger partial charge < -0.3 is 15.1 Å². The third-order valence-electron chi connectivity index (χ3n) is 3.95. The fourth-order valence-corrected chi connectivity index (χ4v) is 2.85. The Morgan fingerprint density at radius 3 is 2.83 bits per heavy atom. The summed E-state index contributed by atoms with van der Waals surface area (Å²) < 4.78 is 0. The molecule has 3 heterocycles. The molecule has 5 nitrogen and oxygen atoms in total. The summed E-state index contributed by atoms with van der Waals surface area (Å²) in [5, 5.41) is 3.32. The van der Waals surface area contributed by atoms with Gasteiger partial charge in [-0.25, -0.2) is 4.79 Å². The van der Waals surface area contributed by atoms with Crippen LogP contribution in [0.3, 0.4) is 0 Å². The van der Waals surface area contributed by atoms with Crippen molar-refractivity contribution in [1.82, 2.24) is 20.1 Å². The molecule has 1 aromatic rings. The number of amides is 2. The minimum atomic E-state index is 0.144. The number of hydrogen-bond donors (Lipinski definition) is 1. The summed E-state index contributed by atoms with van der Waals surface area (Å²) in [7, 11) is 1.88. The smallest absolute Gasteiger partial charge is 0.319 e. The number of nitrogens with zero attached hydrogens (tertiary/aromatic N) is 3. The van der Waals surface area contributed by atoms with Crippen molar-refractivity contribution in [2.45, 2.75) is 18.5 Å². The van der Waals surface area contributed by atoms with E-state index in [1.165, 1.54) is 0 Å². The summed E-state index contributed by atoms with van der Waals surface area (Å²) in [4.78, 5) is 20.2. The first-order valence-corrected chi connectivity index (χ1v) is 6.41. The van der Waals surface area contributed by atoms with Crippen LogP contribution in [0, 0.1) is 0 Å². The molecule has 18 heavy (non-hydrogen) atoms. The average molecular weight is 246 g/mol. The van der Waals surface area contributed by atoms with Crippen molar-refractivity contribution in [3.8, 4) is 0 Å². The summed E-state index contributed by atoms with van der Waals surface area (Å²) in [6.45, 7) is 2.71. The zero-order chi connectivity index (χ0) is 12.5. The summed E-state index contributed by atoms with van der Waals surface area (Å²) >= 11 is 0. The average Bonchev–Trinajstić information content (AvgIpc) is 3.01. The Labute approximate surface area is 107 Å². The van der Waals surface area contributed by atoms with E-state index in [0.717, 1.165) is 31.6 Å². The van der Waals surface area contributed by atoms with Crippen LogP contribution in [0.15, 0.2) is 24.5 Å². The number of carbonyl (C=O) groups excluding carboxylic acids is 1. The molecule has 0 bridgehead atoms. The number of hydrogen-bond acceptors (Lipinski definition) is 3. The van der Waals surface area contributed by atoms with E-state index in [1.807, 2.05) is 29.0 Å². The Morgan fingerprint density at radius 2 is 2.17 bits per heavy atom. The predicted molar refractivity (Wildman–Crippen MR) is 68.1 cm³/mol. The number of aromatic nitrogens is 1. The highest BCUT2D eigenvalue weighted by molar-refractivity contribution is 5.77. The lowest BCUT2D eigenvalue weighted by Crippen LogP contribution is -2.39. The number of carbonyl (C=O) groups is 1. The fourth-order valence-electron chi connectivity index (χ4n) is 2.85. The molecular weight excluding hydrogens is 228 g/mol. The molecule has 0 aliphatic carbocycles. The molecule has 2 aliphatic heterocycles. The van der Waals surface area contributed by atoms with Crippen molar-refractivity contribution in [3.05, 3.63) is 30.1 Å². The summed E-state index contributed by atoms with van der Waals surface area (Å²) in [5.41, 5.74) is 1.16. The standard InChI is InChI=1S/C13H18N4O/c1-16-12(10-2-5-14-6-3-10)9-17(13(16)18)11-4-7-15-8-11/h2-3,5-6,11-12,15H,4,7-9H2,1H3. The maximum absolute atomic E-state index is 12.3. The van der Waals surface area contributed by atoms with Gasteiger partial charge in [-0.05, 0) is 30.7 Å². The van der Waals surface area contributed by atoms with Gasteiger partial charge in [0, 0.05) is 38.6 Å². The molecule has 2 amide bonds. The van der Waals surface area contributed by atoms with Crippen LogP contribution in [0.4, 0.5) is 4.79 Å². The van der Waals surface area contributed by atoms with Crippen LogP contribution in [-0.4, -0.2) is 53.5 Å². The van der Waals surface area contributed by atoms with Crippen molar-refractivity contribution < 1.29 is 4.79 Å². The minimum absolute atomic E-state index is 0.144. The Kier molecular flexibility index (Phi) is 2.91. The SMILES string of the molecule is CN1C(=O)N(C2CCNC2)CC1c1ccncc1. The lowest BCUT2D eigenvalue weighted by Gasteiger charge is -2.22. The molecule has 0 spiro atoms. The molecule has 2 unspecified atom stereocenters. The van der Waals surface area contributed by atoms with Crippen molar-refractivity contribution in [1.29, 1.82) is 0 Å². The first kappa shape index (κ1) is 11.5. The van der Waals surface area contributed by atoms with Crippen molar-refractivity contribution in [2.75, 3.05) is 26.7 Å². The molecule has 1 N–H and O–H groups in total. The van der Waals surface area contributed by atoms with Gasteiger partial charge in [0.1, 0.15) is 0 Å². The van der Waals surface area contributed by atoms with Crippen LogP contribution in [0.25, 0.3) is 0 Å². The monoisotopic (exact) mass is 246 g/mol. The first-order valence-electron chi connectivity index (χ1n) is 6.41. The van der Waals surface area contributed by atoms with E-state index < -0.39 is 0 Å². The summed E-state index contributed by atoms with van der Waals surface area (Å²) in [5.74, 6) is 0. The summed E-state index contributed by atoms with van der Waals surface area (Å²) in [6.07, 6.45) is 4.63. The highest BCUT2D eigenvalue weighted by atomic mass is 16.2. The zero-order valence-corrected chi connectivity index (χ0v) is 10.5. The maximum Gasteiger partial charge on any atom is 0.320 e. The lowest BCUT2D eigenvalue weighted by molar-refractivity contribution is 0.184. The number of nitrogens with one attached hydrogen (secondary N) is 1. The summed E-state index contributed by atoms with van der Waals surface area (Å²) in [6, 6.07) is 4.63. The zero-order valence-electron chi connectivity index (χ0n) is 10.5. The maximum atomic E-state index is 12.3. The molecule has 2 atom stereocenters. The Hall–Kier alpha value is -1.62. The molecule has 0 aromatic carbocycles. The third kappa shape index (κ3) is 1.84. The van der Waals surface area contributed by atoms with E-state index >= 15 is 0 Å². The highest BCUT2D eigenvalue weighted by Gasteiger charge is 2.39. The van der Waals surface area contributed by atoms with E-state index in [1.54, 1.807) is 12.4 Å². The van der Waals surface area contributed by atoms with Gasteiger partial charge >= 0.3 is 6.03 Å². The Bertz CT molecular complexity index is 430. The third-order valence-corrected chi connectivity index (χ3v) is 3.95. The minimum Gasteiger partial charge on any atom is -0.319 e. The van der Waals surface area contributed by atoms with Crippen molar-refractivity contribution in [2.24, 2.45) is 0 Å². The van der Waals surface area contributed by atoms with Crippen LogP contribution in [0.1, 0.15) is 18.0 Å². The second-order valence-corrected chi connectivity index (χ2v) is 4.99. The topological polar surface area (TPSA) is 48.5 Å². The number of urea groups is 1. The molecule has 3 rings (SSSR count). The molecule has 2 saturated heterocycles. The van der Waals surface area contributed by atoms with Gasteiger partial charge in [-0.15, -0.1) is 0 Å². The van der Waals surface area contributed by atoms with Gasteiger partial charge in [-0.3, -0.25) is 4.98 Å². The number of rotatable bonds is 2. The fraction of sp³-hybridized carbons (Fsp3) is 0.538. The molecular formula is C13H18N4O. The van der Waals surface area contributed by atoms with E-state index in [4.69, 9.17) is 0 Å². The van der Waals surface area contributed by atoms with Crippen LogP contribution in [0.5, 0.6) is 0 Å². The van der Waals surface area contributed by atoms with Crippen LogP contribution in [0.2, 0.25) is 0 Å². The molecule has 0 radical (unpaired) electrons. The molecule has 0 saturated carbocycles.